The molecule has 0 aliphatic rings. The van der Waals surface area contributed by atoms with Crippen LogP contribution in [-0.4, -0.2) is 13.5 Å². The molecule has 130 valence electrons. The molecule has 0 radical (unpaired) electrons. The first kappa shape index (κ1) is 20.3. The number of ether oxygens (including phenoxy) is 1. The Kier molecular flexibility index (Phi) is 8.60. The summed E-state index contributed by atoms with van der Waals surface area (Å²) >= 11 is 9.77. The lowest BCUT2D eigenvalue weighted by atomic mass is 10.1. The maximum atomic E-state index is 8.94. The van der Waals surface area contributed by atoms with E-state index in [0.29, 0.717) is 18.0 Å². The maximum absolute atomic E-state index is 8.94. The fourth-order valence-corrected chi connectivity index (χ4v) is 2.69. The van der Waals surface area contributed by atoms with E-state index in [-0.39, 0.29) is 0 Å². The fourth-order valence-electron chi connectivity index (χ4n) is 2.00. The standard InChI is InChI=1S/C16H17BrClNO.CH4N2O/c1-10-8-16(11(2)7-13(10)17)20-9-12-14(18)5-4-6-15(12)19-3;2-3-1-4/h4-8,19H,9H2,1-3H3;1H,2H2,(H,3,4). The first-order valence-electron chi connectivity index (χ1n) is 7.19. The molecule has 24 heavy (non-hydrogen) atoms. The van der Waals surface area contributed by atoms with Gasteiger partial charge in [0.05, 0.1) is 0 Å². The highest BCUT2D eigenvalue weighted by Gasteiger charge is 2.09. The van der Waals surface area contributed by atoms with Gasteiger partial charge in [-0.05, 0) is 49.2 Å². The summed E-state index contributed by atoms with van der Waals surface area (Å²) in [4.78, 5) is 8.94. The summed E-state index contributed by atoms with van der Waals surface area (Å²) in [5.41, 5.74) is 5.96. The highest BCUT2D eigenvalue weighted by atomic mass is 79.9. The van der Waals surface area contributed by atoms with Crippen LogP contribution in [0.1, 0.15) is 16.7 Å². The van der Waals surface area contributed by atoms with Crippen molar-refractivity contribution in [1.29, 1.82) is 0 Å². The van der Waals surface area contributed by atoms with Gasteiger partial charge in [0.1, 0.15) is 12.4 Å². The molecule has 0 aliphatic heterocycles. The number of rotatable bonds is 5. The van der Waals surface area contributed by atoms with Gasteiger partial charge in [-0.1, -0.05) is 33.6 Å². The van der Waals surface area contributed by atoms with Crippen LogP contribution in [0.5, 0.6) is 5.75 Å². The molecule has 1 amide bonds. The van der Waals surface area contributed by atoms with Gasteiger partial charge >= 0.3 is 0 Å². The van der Waals surface area contributed by atoms with E-state index >= 15 is 0 Å². The van der Waals surface area contributed by atoms with Gasteiger partial charge in [0.2, 0.25) is 6.41 Å². The van der Waals surface area contributed by atoms with Crippen LogP contribution in [0.15, 0.2) is 34.8 Å². The number of nitrogens with one attached hydrogen (secondary N) is 2. The van der Waals surface area contributed by atoms with E-state index in [0.717, 1.165) is 32.6 Å². The molecule has 0 fully saturated rings. The number of halogens is 2. The van der Waals surface area contributed by atoms with Gasteiger partial charge in [-0.15, -0.1) is 0 Å². The summed E-state index contributed by atoms with van der Waals surface area (Å²) in [7, 11) is 1.88. The van der Waals surface area contributed by atoms with Crippen LogP contribution in [0.25, 0.3) is 0 Å². The van der Waals surface area contributed by atoms with Crippen molar-refractivity contribution in [2.75, 3.05) is 12.4 Å². The van der Waals surface area contributed by atoms with Crippen molar-refractivity contribution in [1.82, 2.24) is 5.43 Å². The number of aryl methyl sites for hydroxylation is 2. The molecular weight excluding hydrogens is 394 g/mol. The number of nitrogens with two attached hydrogens (primary N) is 1. The molecule has 2 rings (SSSR count). The van der Waals surface area contributed by atoms with Crippen molar-refractivity contribution in [3.63, 3.8) is 0 Å². The summed E-state index contributed by atoms with van der Waals surface area (Å²) in [6.45, 7) is 4.52. The smallest absolute Gasteiger partial charge is 0.221 e. The predicted molar refractivity (Wildman–Crippen MR) is 102 cm³/mol. The van der Waals surface area contributed by atoms with Crippen LogP contribution in [0, 0.1) is 13.8 Å². The van der Waals surface area contributed by atoms with Crippen molar-refractivity contribution in [3.8, 4) is 5.75 Å². The Hall–Kier alpha value is -1.76. The Bertz CT molecular complexity index is 696. The van der Waals surface area contributed by atoms with Crippen molar-refractivity contribution >= 4 is 39.6 Å². The number of amides is 1. The Morgan fingerprint density at radius 3 is 2.54 bits per heavy atom. The lowest BCUT2D eigenvalue weighted by Crippen LogP contribution is -2.18. The van der Waals surface area contributed by atoms with E-state index in [1.165, 1.54) is 0 Å². The number of anilines is 1. The van der Waals surface area contributed by atoms with E-state index in [4.69, 9.17) is 21.1 Å². The van der Waals surface area contributed by atoms with Gasteiger partial charge in [0.15, 0.2) is 0 Å². The van der Waals surface area contributed by atoms with Gasteiger partial charge < -0.3 is 10.1 Å². The molecule has 2 aromatic carbocycles. The zero-order chi connectivity index (χ0) is 18.1. The van der Waals surface area contributed by atoms with Gasteiger partial charge in [0, 0.05) is 27.8 Å². The largest absolute Gasteiger partial charge is 0.488 e. The lowest BCUT2D eigenvalue weighted by Gasteiger charge is -2.14. The van der Waals surface area contributed by atoms with Crippen LogP contribution in [-0.2, 0) is 11.4 Å². The van der Waals surface area contributed by atoms with Gasteiger partial charge in [-0.25, -0.2) is 5.84 Å². The van der Waals surface area contributed by atoms with Crippen molar-refractivity contribution in [2.45, 2.75) is 20.5 Å². The molecule has 5 nitrogen and oxygen atoms in total. The molecule has 0 heterocycles. The molecule has 0 saturated heterocycles. The number of hydrogen-bond donors (Lipinski definition) is 3. The highest BCUT2D eigenvalue weighted by Crippen LogP contribution is 2.29. The highest BCUT2D eigenvalue weighted by molar-refractivity contribution is 9.10. The number of carbonyl (C=O) groups is 1. The van der Waals surface area contributed by atoms with Crippen molar-refractivity contribution in [2.24, 2.45) is 5.84 Å². The molecule has 0 unspecified atom stereocenters. The monoisotopic (exact) mass is 413 g/mol. The van der Waals surface area contributed by atoms with Crippen molar-refractivity contribution in [3.05, 3.63) is 56.5 Å². The second-order valence-corrected chi connectivity index (χ2v) is 6.22. The first-order chi connectivity index (χ1) is 11.4. The third-order valence-corrected chi connectivity index (χ3v) is 4.49. The Labute approximate surface area is 155 Å². The summed E-state index contributed by atoms with van der Waals surface area (Å²) < 4.78 is 7.03. The summed E-state index contributed by atoms with van der Waals surface area (Å²) in [5, 5.41) is 3.85. The lowest BCUT2D eigenvalue weighted by molar-refractivity contribution is -0.109. The number of carbonyl (C=O) groups excluding carboxylic acids is 1. The predicted octanol–water partition coefficient (Wildman–Crippen LogP) is 3.95. The number of benzene rings is 2. The molecule has 0 saturated carbocycles. The number of hydrogen-bond acceptors (Lipinski definition) is 4. The minimum Gasteiger partial charge on any atom is -0.488 e. The quantitative estimate of drug-likeness (QED) is 0.300. The van der Waals surface area contributed by atoms with Crippen LogP contribution in [0.2, 0.25) is 5.02 Å². The van der Waals surface area contributed by atoms with Gasteiger partial charge in [-0.2, -0.15) is 0 Å². The maximum Gasteiger partial charge on any atom is 0.221 e. The molecule has 2 aromatic rings. The van der Waals surface area contributed by atoms with Crippen LogP contribution >= 0.6 is 27.5 Å². The fraction of sp³-hybridized carbons (Fsp3) is 0.235. The van der Waals surface area contributed by atoms with E-state index in [2.05, 4.69) is 33.2 Å². The molecule has 0 aliphatic carbocycles. The van der Waals surface area contributed by atoms with Crippen LogP contribution < -0.4 is 21.3 Å². The average molecular weight is 415 g/mol. The van der Waals surface area contributed by atoms with E-state index in [9.17, 15) is 0 Å². The third kappa shape index (κ3) is 5.70. The SMILES string of the molecule is CNc1cccc(Cl)c1COc1cc(C)c(Br)cc1C.NNC=O. The molecule has 7 heteroatoms. The van der Waals surface area contributed by atoms with E-state index < -0.39 is 0 Å². The van der Waals surface area contributed by atoms with E-state index in [1.807, 2.05) is 45.2 Å². The zero-order valence-electron chi connectivity index (χ0n) is 13.8. The summed E-state index contributed by atoms with van der Waals surface area (Å²) in [6.07, 6.45) is 0.403. The van der Waals surface area contributed by atoms with Crippen LogP contribution in [0.3, 0.4) is 0 Å². The minimum absolute atomic E-state index is 0.403. The molecule has 0 bridgehead atoms. The zero-order valence-corrected chi connectivity index (χ0v) is 16.2. The second-order valence-electron chi connectivity index (χ2n) is 4.96. The average Bonchev–Trinajstić information content (AvgIpc) is 2.57. The summed E-state index contributed by atoms with van der Waals surface area (Å²) in [6, 6.07) is 9.89. The normalized spacial score (nSPS) is 9.58. The van der Waals surface area contributed by atoms with Crippen LogP contribution in [0.4, 0.5) is 5.69 Å². The Morgan fingerprint density at radius 1 is 1.29 bits per heavy atom. The topological polar surface area (TPSA) is 76.4 Å². The molecule has 0 spiro atoms. The minimum atomic E-state index is 0.403. The summed E-state index contributed by atoms with van der Waals surface area (Å²) in [5.74, 6) is 5.29. The Morgan fingerprint density at radius 2 is 1.96 bits per heavy atom. The molecule has 4 N–H and O–H groups in total. The first-order valence-corrected chi connectivity index (χ1v) is 8.36. The third-order valence-electron chi connectivity index (χ3n) is 3.28. The Balaban J connectivity index is 0.000000648. The second kappa shape index (κ2) is 10.2. The van der Waals surface area contributed by atoms with E-state index in [1.54, 1.807) is 5.43 Å². The molecule has 0 aromatic heterocycles. The molecule has 0 atom stereocenters. The molecular formula is C17H21BrClN3O2. The number of hydrazine groups is 1. The van der Waals surface area contributed by atoms with Gasteiger partial charge in [0.25, 0.3) is 0 Å². The van der Waals surface area contributed by atoms with Crippen molar-refractivity contribution < 1.29 is 9.53 Å². The van der Waals surface area contributed by atoms with Gasteiger partial charge in [-0.3, -0.25) is 10.2 Å².